The fraction of sp³-hybridized carbons (Fsp3) is 0.250. The molecule has 0 radical (unpaired) electrons. The highest BCUT2D eigenvalue weighted by atomic mass is 16.5. The first-order chi connectivity index (χ1) is 9.13. The smallest absolute Gasteiger partial charge is 0.336 e. The molecule has 2 rings (SSSR count). The normalized spacial score (nSPS) is 12.1. The van der Waals surface area contributed by atoms with E-state index in [1.54, 1.807) is 18.2 Å². The minimum atomic E-state index is -1.39. The van der Waals surface area contributed by atoms with Crippen molar-refractivity contribution in [2.24, 2.45) is 0 Å². The molecule has 19 heavy (non-hydrogen) atoms. The molecular formula is C12H13N3O4. The van der Waals surface area contributed by atoms with Crippen molar-refractivity contribution in [1.82, 2.24) is 15.5 Å². The fourth-order valence-corrected chi connectivity index (χ4v) is 1.63. The number of methoxy groups -OCH3 is 1. The molecule has 1 aromatic carbocycles. The number of amides is 1. The van der Waals surface area contributed by atoms with Gasteiger partial charge in [0.1, 0.15) is 0 Å². The zero-order valence-electron chi connectivity index (χ0n) is 10.2. The number of carbonyl (C=O) groups is 2. The second-order valence-electron chi connectivity index (χ2n) is 3.87. The number of hydrogen-bond acceptors (Lipinski definition) is 5. The van der Waals surface area contributed by atoms with Gasteiger partial charge in [0.15, 0.2) is 11.8 Å². The number of nitrogens with one attached hydrogen (secondary N) is 2. The predicted molar refractivity (Wildman–Crippen MR) is 66.4 cm³/mol. The predicted octanol–water partition coefficient (Wildman–Crippen LogP) is -0.173. The monoisotopic (exact) mass is 263 g/mol. The molecule has 0 saturated carbocycles. The molecule has 0 spiro atoms. The number of fused-ring (bicyclic) bond motifs is 1. The summed E-state index contributed by atoms with van der Waals surface area (Å²) in [4.78, 5) is 22.9. The number of aromatic nitrogens is 2. The number of ether oxygens (including phenoxy) is 1. The van der Waals surface area contributed by atoms with Crippen molar-refractivity contribution in [3.8, 4) is 0 Å². The van der Waals surface area contributed by atoms with Crippen LogP contribution in [0.3, 0.4) is 0 Å². The number of carbonyl (C=O) groups excluding carboxylic acids is 2. The molecule has 0 aliphatic rings. The molecule has 1 heterocycles. The van der Waals surface area contributed by atoms with Gasteiger partial charge in [0.25, 0.3) is 5.91 Å². The number of hydrogen-bond donors (Lipinski definition) is 3. The second-order valence-corrected chi connectivity index (χ2v) is 3.87. The number of rotatable bonds is 4. The van der Waals surface area contributed by atoms with Gasteiger partial charge in [-0.25, -0.2) is 4.79 Å². The molecule has 0 aliphatic heterocycles. The Bertz CT molecular complexity index is 608. The summed E-state index contributed by atoms with van der Waals surface area (Å²) in [5, 5.41) is 19.1. The summed E-state index contributed by atoms with van der Waals surface area (Å²) in [5.41, 5.74) is 0.953. The van der Waals surface area contributed by atoms with E-state index in [0.717, 1.165) is 12.6 Å². The van der Waals surface area contributed by atoms with Gasteiger partial charge >= 0.3 is 5.97 Å². The van der Waals surface area contributed by atoms with Crippen molar-refractivity contribution >= 4 is 22.8 Å². The summed E-state index contributed by atoms with van der Waals surface area (Å²) in [5.74, 6) is -1.27. The van der Waals surface area contributed by atoms with Gasteiger partial charge in [-0.15, -0.1) is 0 Å². The van der Waals surface area contributed by atoms with Gasteiger partial charge in [-0.3, -0.25) is 9.89 Å². The molecule has 1 atom stereocenters. The molecule has 1 unspecified atom stereocenters. The Morgan fingerprint density at radius 2 is 2.21 bits per heavy atom. The van der Waals surface area contributed by atoms with Crippen LogP contribution in [-0.4, -0.2) is 46.9 Å². The zero-order valence-corrected chi connectivity index (χ0v) is 10.2. The molecule has 7 nitrogen and oxygen atoms in total. The largest absolute Gasteiger partial charge is 0.467 e. The minimum Gasteiger partial charge on any atom is -0.467 e. The maximum Gasteiger partial charge on any atom is 0.336 e. The SMILES string of the molecule is COC(=O)C(O)CNC(=O)c1n[nH]c2ccccc12. The van der Waals surface area contributed by atoms with Gasteiger partial charge in [0.2, 0.25) is 0 Å². The first kappa shape index (κ1) is 13.0. The topological polar surface area (TPSA) is 104 Å². The lowest BCUT2D eigenvalue weighted by Crippen LogP contribution is -2.37. The molecule has 100 valence electrons. The number of para-hydroxylation sites is 1. The summed E-state index contributed by atoms with van der Waals surface area (Å²) in [6.07, 6.45) is -1.39. The van der Waals surface area contributed by atoms with E-state index in [4.69, 9.17) is 0 Å². The van der Waals surface area contributed by atoms with Gasteiger partial charge in [-0.05, 0) is 6.07 Å². The molecule has 3 N–H and O–H groups in total. The van der Waals surface area contributed by atoms with E-state index in [1.807, 2.05) is 6.07 Å². The van der Waals surface area contributed by atoms with Crippen molar-refractivity contribution in [2.45, 2.75) is 6.10 Å². The van der Waals surface area contributed by atoms with Crippen LogP contribution in [0.2, 0.25) is 0 Å². The average Bonchev–Trinajstić information content (AvgIpc) is 2.87. The highest BCUT2D eigenvalue weighted by Crippen LogP contribution is 2.14. The molecule has 1 aromatic heterocycles. The Morgan fingerprint density at radius 3 is 2.95 bits per heavy atom. The Kier molecular flexibility index (Phi) is 3.76. The van der Waals surface area contributed by atoms with Gasteiger partial charge in [-0.2, -0.15) is 5.10 Å². The number of aliphatic hydroxyl groups excluding tert-OH is 1. The summed E-state index contributed by atoms with van der Waals surface area (Å²) in [7, 11) is 1.16. The standard InChI is InChI=1S/C12H13N3O4/c1-19-12(18)9(16)6-13-11(17)10-7-4-2-3-5-8(7)14-15-10/h2-5,9,16H,6H2,1H3,(H,13,17)(H,14,15). The average molecular weight is 263 g/mol. The first-order valence-corrected chi connectivity index (χ1v) is 5.60. The van der Waals surface area contributed by atoms with Crippen molar-refractivity contribution in [3.63, 3.8) is 0 Å². The lowest BCUT2D eigenvalue weighted by Gasteiger charge is -2.08. The van der Waals surface area contributed by atoms with Crippen LogP contribution in [0.15, 0.2) is 24.3 Å². The number of aromatic amines is 1. The Hall–Kier alpha value is -2.41. The summed E-state index contributed by atoms with van der Waals surface area (Å²) in [6, 6.07) is 7.16. The summed E-state index contributed by atoms with van der Waals surface area (Å²) in [6.45, 7) is -0.229. The van der Waals surface area contributed by atoms with Gasteiger partial charge in [-0.1, -0.05) is 18.2 Å². The summed E-state index contributed by atoms with van der Waals surface area (Å²) < 4.78 is 4.34. The van der Waals surface area contributed by atoms with Crippen molar-refractivity contribution in [1.29, 1.82) is 0 Å². The number of aliphatic hydroxyl groups is 1. The Morgan fingerprint density at radius 1 is 1.47 bits per heavy atom. The van der Waals surface area contributed by atoms with E-state index in [2.05, 4.69) is 20.3 Å². The number of nitrogens with zero attached hydrogens (tertiary/aromatic N) is 1. The van der Waals surface area contributed by atoms with Crippen LogP contribution in [0.4, 0.5) is 0 Å². The molecule has 2 aromatic rings. The molecule has 0 fully saturated rings. The molecule has 1 amide bonds. The Balaban J connectivity index is 2.06. The Labute approximate surface area is 108 Å². The molecule has 0 aliphatic carbocycles. The van der Waals surface area contributed by atoms with Crippen LogP contribution in [0.1, 0.15) is 10.5 Å². The molecule has 0 bridgehead atoms. The quantitative estimate of drug-likeness (QED) is 0.664. The third-order valence-corrected chi connectivity index (χ3v) is 2.61. The van der Waals surface area contributed by atoms with E-state index in [0.29, 0.717) is 5.39 Å². The summed E-state index contributed by atoms with van der Waals surface area (Å²) >= 11 is 0. The van der Waals surface area contributed by atoms with Gasteiger partial charge < -0.3 is 15.2 Å². The van der Waals surface area contributed by atoms with Crippen molar-refractivity contribution < 1.29 is 19.4 Å². The highest BCUT2D eigenvalue weighted by molar-refractivity contribution is 6.04. The number of esters is 1. The van der Waals surface area contributed by atoms with Gasteiger partial charge in [0, 0.05) is 5.39 Å². The van der Waals surface area contributed by atoms with E-state index >= 15 is 0 Å². The number of benzene rings is 1. The van der Waals surface area contributed by atoms with Crippen LogP contribution in [0.25, 0.3) is 10.9 Å². The fourth-order valence-electron chi connectivity index (χ4n) is 1.63. The van der Waals surface area contributed by atoms with Gasteiger partial charge in [0.05, 0.1) is 19.2 Å². The lowest BCUT2D eigenvalue weighted by atomic mass is 10.2. The second kappa shape index (κ2) is 5.49. The zero-order chi connectivity index (χ0) is 13.8. The first-order valence-electron chi connectivity index (χ1n) is 5.60. The van der Waals surface area contributed by atoms with Crippen LogP contribution in [0, 0.1) is 0 Å². The maximum atomic E-state index is 11.9. The minimum absolute atomic E-state index is 0.215. The maximum absolute atomic E-state index is 11.9. The van der Waals surface area contributed by atoms with Crippen molar-refractivity contribution in [3.05, 3.63) is 30.0 Å². The van der Waals surface area contributed by atoms with Crippen molar-refractivity contribution in [2.75, 3.05) is 13.7 Å². The molecule has 7 heteroatoms. The van der Waals surface area contributed by atoms with Crippen LogP contribution >= 0.6 is 0 Å². The van der Waals surface area contributed by atoms with E-state index < -0.39 is 18.0 Å². The third kappa shape index (κ3) is 2.71. The lowest BCUT2D eigenvalue weighted by molar-refractivity contribution is -0.149. The van der Waals surface area contributed by atoms with E-state index in [-0.39, 0.29) is 12.2 Å². The third-order valence-electron chi connectivity index (χ3n) is 2.61. The van der Waals surface area contributed by atoms with Crippen LogP contribution < -0.4 is 5.32 Å². The van der Waals surface area contributed by atoms with E-state index in [9.17, 15) is 14.7 Å². The molecular weight excluding hydrogens is 250 g/mol. The highest BCUT2D eigenvalue weighted by Gasteiger charge is 2.19. The molecule has 0 saturated heterocycles. The van der Waals surface area contributed by atoms with E-state index in [1.165, 1.54) is 0 Å². The van der Waals surface area contributed by atoms with Crippen LogP contribution in [-0.2, 0) is 9.53 Å². The number of H-pyrrole nitrogens is 1. The van der Waals surface area contributed by atoms with Crippen LogP contribution in [0.5, 0.6) is 0 Å².